The van der Waals surface area contributed by atoms with Crippen LogP contribution in [0.5, 0.6) is 11.5 Å². The molecule has 3 aromatic rings. The number of aromatic nitrogens is 4. The molecule has 8 nitrogen and oxygen atoms in total. The zero-order valence-electron chi connectivity index (χ0n) is 13.8. The number of ether oxygens (including phenoxy) is 2. The molecule has 2 aromatic heterocycles. The first-order chi connectivity index (χ1) is 12.2. The Hall–Kier alpha value is -2.87. The van der Waals surface area contributed by atoms with E-state index in [9.17, 15) is 0 Å². The van der Waals surface area contributed by atoms with E-state index < -0.39 is 0 Å². The highest BCUT2D eigenvalue weighted by molar-refractivity contribution is 5.61. The molecule has 2 aliphatic heterocycles. The molecule has 0 atom stereocenters. The van der Waals surface area contributed by atoms with Crippen molar-refractivity contribution >= 4 is 0 Å². The second-order valence-corrected chi connectivity index (χ2v) is 6.43. The number of likely N-dealkylation sites (tertiary alicyclic amines) is 1. The fourth-order valence-corrected chi connectivity index (χ4v) is 3.14. The molecule has 25 heavy (non-hydrogen) atoms. The first-order valence-electron chi connectivity index (χ1n) is 8.20. The molecule has 0 spiro atoms. The second-order valence-electron chi connectivity index (χ2n) is 6.43. The minimum absolute atomic E-state index is 0.252. The summed E-state index contributed by atoms with van der Waals surface area (Å²) < 4.78 is 18.1. The third-order valence-electron chi connectivity index (χ3n) is 4.50. The Labute approximate surface area is 144 Å². The normalized spacial score (nSPS) is 17.0. The van der Waals surface area contributed by atoms with Crippen molar-refractivity contribution in [1.82, 2.24) is 24.8 Å². The van der Waals surface area contributed by atoms with Crippen LogP contribution in [-0.2, 0) is 6.54 Å². The molecule has 0 aliphatic carbocycles. The van der Waals surface area contributed by atoms with E-state index >= 15 is 0 Å². The zero-order chi connectivity index (χ0) is 16.8. The minimum Gasteiger partial charge on any atom is -0.454 e. The molecule has 0 amide bonds. The molecule has 8 heteroatoms. The predicted octanol–water partition coefficient (Wildman–Crippen LogP) is 2.03. The van der Waals surface area contributed by atoms with Crippen molar-refractivity contribution in [2.24, 2.45) is 0 Å². The number of benzene rings is 1. The zero-order valence-corrected chi connectivity index (χ0v) is 13.8. The number of aryl methyl sites for hydroxylation is 1. The average molecular weight is 339 g/mol. The number of hydrogen-bond donors (Lipinski definition) is 0. The summed E-state index contributed by atoms with van der Waals surface area (Å²) in [6.45, 7) is 4.82. The van der Waals surface area contributed by atoms with Crippen LogP contribution in [0.2, 0.25) is 0 Å². The van der Waals surface area contributed by atoms with E-state index in [1.165, 1.54) is 5.56 Å². The Morgan fingerprint density at radius 1 is 1.20 bits per heavy atom. The van der Waals surface area contributed by atoms with Gasteiger partial charge in [-0.15, -0.1) is 0 Å². The van der Waals surface area contributed by atoms with Gasteiger partial charge in [-0.25, -0.2) is 0 Å². The fourth-order valence-electron chi connectivity index (χ4n) is 3.14. The summed E-state index contributed by atoms with van der Waals surface area (Å²) in [6.07, 6.45) is 3.96. The quantitative estimate of drug-likeness (QED) is 0.719. The SMILES string of the molecule is Cc1cnn(C2CN(Cc3nc(-c4ccc5c(c4)OCO5)no3)C2)c1. The van der Waals surface area contributed by atoms with Crippen LogP contribution in [-0.4, -0.2) is 44.7 Å². The van der Waals surface area contributed by atoms with Crippen molar-refractivity contribution in [3.05, 3.63) is 42.0 Å². The van der Waals surface area contributed by atoms with E-state index in [-0.39, 0.29) is 6.79 Å². The van der Waals surface area contributed by atoms with E-state index in [0.717, 1.165) is 24.4 Å². The number of nitrogens with zero attached hydrogens (tertiary/aromatic N) is 5. The summed E-state index contributed by atoms with van der Waals surface area (Å²) in [5.74, 6) is 2.63. The first kappa shape index (κ1) is 14.5. The summed E-state index contributed by atoms with van der Waals surface area (Å²) in [5.41, 5.74) is 2.04. The van der Waals surface area contributed by atoms with Gasteiger partial charge in [-0.3, -0.25) is 9.58 Å². The van der Waals surface area contributed by atoms with Crippen molar-refractivity contribution < 1.29 is 14.0 Å². The van der Waals surface area contributed by atoms with Crippen LogP contribution in [0.4, 0.5) is 0 Å². The van der Waals surface area contributed by atoms with Crippen molar-refractivity contribution in [3.8, 4) is 22.9 Å². The number of rotatable bonds is 4. The largest absolute Gasteiger partial charge is 0.454 e. The van der Waals surface area contributed by atoms with Crippen LogP contribution >= 0.6 is 0 Å². The molecule has 5 rings (SSSR count). The van der Waals surface area contributed by atoms with Gasteiger partial charge in [0.15, 0.2) is 11.5 Å². The third-order valence-corrected chi connectivity index (χ3v) is 4.50. The van der Waals surface area contributed by atoms with Gasteiger partial charge < -0.3 is 14.0 Å². The summed E-state index contributed by atoms with van der Waals surface area (Å²) >= 11 is 0. The van der Waals surface area contributed by atoms with Gasteiger partial charge in [0.1, 0.15) is 0 Å². The average Bonchev–Trinajstić information content (AvgIpc) is 3.30. The predicted molar refractivity (Wildman–Crippen MR) is 87.1 cm³/mol. The van der Waals surface area contributed by atoms with Crippen LogP contribution in [0.25, 0.3) is 11.4 Å². The highest BCUT2D eigenvalue weighted by atomic mass is 16.7. The maximum absolute atomic E-state index is 5.39. The van der Waals surface area contributed by atoms with Crippen molar-refractivity contribution in [1.29, 1.82) is 0 Å². The van der Waals surface area contributed by atoms with Crippen molar-refractivity contribution in [3.63, 3.8) is 0 Å². The monoisotopic (exact) mass is 339 g/mol. The van der Waals surface area contributed by atoms with Gasteiger partial charge >= 0.3 is 0 Å². The molecule has 4 heterocycles. The Balaban J connectivity index is 1.24. The number of fused-ring (bicyclic) bond motifs is 1. The van der Waals surface area contributed by atoms with Crippen LogP contribution in [0.15, 0.2) is 35.1 Å². The highest BCUT2D eigenvalue weighted by Gasteiger charge is 2.30. The van der Waals surface area contributed by atoms with Gasteiger partial charge in [0.25, 0.3) is 0 Å². The molecule has 0 bridgehead atoms. The van der Waals surface area contributed by atoms with E-state index in [1.807, 2.05) is 29.1 Å². The van der Waals surface area contributed by atoms with Gasteiger partial charge in [0, 0.05) is 24.8 Å². The van der Waals surface area contributed by atoms with Gasteiger partial charge in [-0.05, 0) is 30.7 Å². The molecule has 128 valence electrons. The van der Waals surface area contributed by atoms with Crippen LogP contribution in [0.3, 0.4) is 0 Å². The van der Waals surface area contributed by atoms with E-state index in [1.54, 1.807) is 0 Å². The molecular weight excluding hydrogens is 322 g/mol. The van der Waals surface area contributed by atoms with Crippen LogP contribution < -0.4 is 9.47 Å². The third kappa shape index (κ3) is 2.64. The molecule has 0 saturated carbocycles. The molecule has 2 aliphatic rings. The Kier molecular flexibility index (Phi) is 3.24. The molecule has 0 radical (unpaired) electrons. The first-order valence-corrected chi connectivity index (χ1v) is 8.20. The summed E-state index contributed by atoms with van der Waals surface area (Å²) in [5, 5.41) is 8.45. The van der Waals surface area contributed by atoms with E-state index in [0.29, 0.717) is 30.1 Å². The Bertz CT molecular complexity index is 913. The van der Waals surface area contributed by atoms with Gasteiger partial charge in [-0.1, -0.05) is 5.16 Å². The maximum Gasteiger partial charge on any atom is 0.241 e. The van der Waals surface area contributed by atoms with Gasteiger partial charge in [-0.2, -0.15) is 10.1 Å². The lowest BCUT2D eigenvalue weighted by molar-refractivity contribution is 0.0790. The Morgan fingerprint density at radius 2 is 2.08 bits per heavy atom. The van der Waals surface area contributed by atoms with Crippen LogP contribution in [0.1, 0.15) is 17.5 Å². The lowest BCUT2D eigenvalue weighted by atomic mass is 10.1. The summed E-state index contributed by atoms with van der Waals surface area (Å²) in [4.78, 5) is 6.75. The molecule has 0 N–H and O–H groups in total. The van der Waals surface area contributed by atoms with Crippen molar-refractivity contribution in [2.45, 2.75) is 19.5 Å². The van der Waals surface area contributed by atoms with Crippen molar-refractivity contribution in [2.75, 3.05) is 19.9 Å². The maximum atomic E-state index is 5.39. The molecule has 1 fully saturated rings. The lowest BCUT2D eigenvalue weighted by Gasteiger charge is -2.38. The molecular formula is C17H17N5O3. The van der Waals surface area contributed by atoms with Crippen LogP contribution in [0, 0.1) is 6.92 Å². The number of hydrogen-bond acceptors (Lipinski definition) is 7. The molecule has 1 saturated heterocycles. The van der Waals surface area contributed by atoms with Gasteiger partial charge in [0.05, 0.1) is 18.8 Å². The molecule has 0 unspecified atom stereocenters. The summed E-state index contributed by atoms with van der Waals surface area (Å²) in [6, 6.07) is 6.06. The lowest BCUT2D eigenvalue weighted by Crippen LogP contribution is -2.47. The topological polar surface area (TPSA) is 78.4 Å². The smallest absolute Gasteiger partial charge is 0.241 e. The van der Waals surface area contributed by atoms with Gasteiger partial charge in [0.2, 0.25) is 18.5 Å². The fraction of sp³-hybridized carbons (Fsp3) is 0.353. The summed E-state index contributed by atoms with van der Waals surface area (Å²) in [7, 11) is 0. The standard InChI is InChI=1S/C17H17N5O3/c1-11-5-18-22(6-11)13-7-21(8-13)9-16-19-17(20-25-16)12-2-3-14-15(4-12)24-10-23-14/h2-6,13H,7-10H2,1H3. The molecule has 1 aromatic carbocycles. The highest BCUT2D eigenvalue weighted by Crippen LogP contribution is 2.35. The second kappa shape index (κ2) is 5.59. The Morgan fingerprint density at radius 3 is 2.92 bits per heavy atom. The van der Waals surface area contributed by atoms with E-state index in [2.05, 4.69) is 33.3 Å². The van der Waals surface area contributed by atoms with E-state index in [4.69, 9.17) is 14.0 Å². The minimum atomic E-state index is 0.252.